The van der Waals surface area contributed by atoms with Crippen molar-refractivity contribution in [3.63, 3.8) is 0 Å². The lowest BCUT2D eigenvalue weighted by atomic mass is 9.90. The first kappa shape index (κ1) is 16.5. The Hall–Kier alpha value is -0.600. The van der Waals surface area contributed by atoms with Crippen LogP contribution in [0, 0.1) is 18.7 Å². The summed E-state index contributed by atoms with van der Waals surface area (Å²) < 4.78 is 13.5. The average Bonchev–Trinajstić information content (AvgIpc) is 2.36. The molecule has 1 aromatic rings. The molecule has 3 heteroatoms. The van der Waals surface area contributed by atoms with Crippen LogP contribution in [0.15, 0.2) is 12.1 Å². The van der Waals surface area contributed by atoms with Gasteiger partial charge in [-0.25, -0.2) is 4.39 Å². The zero-order valence-electron chi connectivity index (χ0n) is 12.4. The summed E-state index contributed by atoms with van der Waals surface area (Å²) in [5, 5.41) is 4.08. The molecule has 2 atom stereocenters. The van der Waals surface area contributed by atoms with E-state index in [1.165, 1.54) is 6.07 Å². The van der Waals surface area contributed by atoms with Crippen LogP contribution in [-0.2, 0) is 0 Å². The van der Waals surface area contributed by atoms with Crippen LogP contribution in [0.4, 0.5) is 4.39 Å². The van der Waals surface area contributed by atoms with Gasteiger partial charge in [-0.2, -0.15) is 0 Å². The Bertz CT molecular complexity index is 406. The summed E-state index contributed by atoms with van der Waals surface area (Å²) >= 11 is 6.24. The molecule has 108 valence electrons. The molecule has 0 aliphatic rings. The second kappa shape index (κ2) is 7.86. The second-order valence-electron chi connectivity index (χ2n) is 5.32. The van der Waals surface area contributed by atoms with E-state index in [1.54, 1.807) is 6.92 Å². The first-order valence-corrected chi connectivity index (χ1v) is 7.57. The molecule has 0 spiro atoms. The Morgan fingerprint density at radius 3 is 2.53 bits per heavy atom. The van der Waals surface area contributed by atoms with Crippen molar-refractivity contribution in [1.29, 1.82) is 0 Å². The summed E-state index contributed by atoms with van der Waals surface area (Å²) in [5.41, 5.74) is 1.68. The highest BCUT2D eigenvalue weighted by Gasteiger charge is 2.21. The van der Waals surface area contributed by atoms with Gasteiger partial charge in [0.15, 0.2) is 0 Å². The SMILES string of the molecule is CCCNC(c1cc(C)c(F)cc1Cl)C(C)CCC. The van der Waals surface area contributed by atoms with Crippen LogP contribution in [-0.4, -0.2) is 6.54 Å². The van der Waals surface area contributed by atoms with Crippen LogP contribution in [0.5, 0.6) is 0 Å². The number of hydrogen-bond donors (Lipinski definition) is 1. The van der Waals surface area contributed by atoms with Gasteiger partial charge in [0, 0.05) is 11.1 Å². The fourth-order valence-electron chi connectivity index (χ4n) is 2.46. The molecule has 0 saturated heterocycles. The number of aryl methyl sites for hydroxylation is 1. The molecule has 0 saturated carbocycles. The molecule has 0 aliphatic carbocycles. The van der Waals surface area contributed by atoms with Crippen LogP contribution in [0.2, 0.25) is 5.02 Å². The van der Waals surface area contributed by atoms with E-state index >= 15 is 0 Å². The van der Waals surface area contributed by atoms with Gasteiger partial charge in [-0.1, -0.05) is 44.9 Å². The maximum absolute atomic E-state index is 13.5. The van der Waals surface area contributed by atoms with E-state index in [1.807, 2.05) is 6.07 Å². The first-order chi connectivity index (χ1) is 9.01. The molecule has 0 aliphatic heterocycles. The minimum Gasteiger partial charge on any atom is -0.310 e. The van der Waals surface area contributed by atoms with E-state index in [-0.39, 0.29) is 11.9 Å². The number of rotatable bonds is 7. The Kier molecular flexibility index (Phi) is 6.81. The van der Waals surface area contributed by atoms with Crippen LogP contribution in [0.3, 0.4) is 0 Å². The monoisotopic (exact) mass is 285 g/mol. The van der Waals surface area contributed by atoms with Crippen molar-refractivity contribution in [2.24, 2.45) is 5.92 Å². The molecule has 0 radical (unpaired) electrons. The molecule has 1 rings (SSSR count). The van der Waals surface area contributed by atoms with E-state index in [2.05, 4.69) is 26.1 Å². The van der Waals surface area contributed by atoms with Gasteiger partial charge in [0.05, 0.1) is 0 Å². The Balaban J connectivity index is 3.05. The summed E-state index contributed by atoms with van der Waals surface area (Å²) in [6.45, 7) is 9.30. The van der Waals surface area contributed by atoms with Crippen molar-refractivity contribution in [3.8, 4) is 0 Å². The predicted octanol–water partition coefficient (Wildman–Crippen LogP) is 5.26. The van der Waals surface area contributed by atoms with Gasteiger partial charge in [-0.15, -0.1) is 0 Å². The fourth-order valence-corrected chi connectivity index (χ4v) is 2.73. The third-order valence-electron chi connectivity index (χ3n) is 3.54. The van der Waals surface area contributed by atoms with Crippen molar-refractivity contribution in [3.05, 3.63) is 34.1 Å². The highest BCUT2D eigenvalue weighted by atomic mass is 35.5. The number of nitrogens with one attached hydrogen (secondary N) is 1. The topological polar surface area (TPSA) is 12.0 Å². The van der Waals surface area contributed by atoms with E-state index in [9.17, 15) is 4.39 Å². The highest BCUT2D eigenvalue weighted by Crippen LogP contribution is 2.32. The first-order valence-electron chi connectivity index (χ1n) is 7.20. The van der Waals surface area contributed by atoms with E-state index in [4.69, 9.17) is 11.6 Å². The maximum Gasteiger partial charge on any atom is 0.127 e. The number of benzene rings is 1. The minimum absolute atomic E-state index is 0.201. The molecule has 1 N–H and O–H groups in total. The zero-order chi connectivity index (χ0) is 14.4. The molecule has 0 bridgehead atoms. The van der Waals surface area contributed by atoms with Gasteiger partial charge in [0.25, 0.3) is 0 Å². The molecule has 0 aromatic heterocycles. The fraction of sp³-hybridized carbons (Fsp3) is 0.625. The summed E-state index contributed by atoms with van der Waals surface area (Å²) in [6, 6.07) is 3.52. The van der Waals surface area contributed by atoms with Crippen molar-refractivity contribution in [2.45, 2.75) is 53.0 Å². The standard InChI is InChI=1S/C16H25ClFN/c1-5-7-11(3)16(19-8-6-2)13-9-12(4)15(18)10-14(13)17/h9-11,16,19H,5-8H2,1-4H3. The Morgan fingerprint density at radius 1 is 1.26 bits per heavy atom. The van der Waals surface area contributed by atoms with Gasteiger partial charge >= 0.3 is 0 Å². The molecular weight excluding hydrogens is 261 g/mol. The molecular formula is C16H25ClFN. The molecule has 19 heavy (non-hydrogen) atoms. The van der Waals surface area contributed by atoms with Gasteiger partial charge in [-0.05, 0) is 49.4 Å². The zero-order valence-corrected chi connectivity index (χ0v) is 13.1. The number of hydrogen-bond acceptors (Lipinski definition) is 1. The van der Waals surface area contributed by atoms with Crippen molar-refractivity contribution < 1.29 is 4.39 Å². The largest absolute Gasteiger partial charge is 0.310 e. The van der Waals surface area contributed by atoms with Crippen LogP contribution >= 0.6 is 11.6 Å². The van der Waals surface area contributed by atoms with E-state index < -0.39 is 0 Å². The van der Waals surface area contributed by atoms with Gasteiger partial charge in [0.2, 0.25) is 0 Å². The van der Waals surface area contributed by atoms with Crippen molar-refractivity contribution in [1.82, 2.24) is 5.32 Å². The molecule has 0 fully saturated rings. The van der Waals surface area contributed by atoms with Crippen LogP contribution in [0.1, 0.15) is 57.2 Å². The summed E-state index contributed by atoms with van der Waals surface area (Å²) in [5.74, 6) is 0.255. The van der Waals surface area contributed by atoms with Gasteiger partial charge < -0.3 is 5.32 Å². The molecule has 0 heterocycles. The Labute approximate surface area is 121 Å². The molecule has 1 aromatic carbocycles. The normalized spacial score (nSPS) is 14.4. The smallest absolute Gasteiger partial charge is 0.127 e. The van der Waals surface area contributed by atoms with Gasteiger partial charge in [-0.3, -0.25) is 0 Å². The Morgan fingerprint density at radius 2 is 1.95 bits per heavy atom. The van der Waals surface area contributed by atoms with Crippen LogP contribution < -0.4 is 5.32 Å². The van der Waals surface area contributed by atoms with E-state index in [0.29, 0.717) is 16.5 Å². The van der Waals surface area contributed by atoms with Crippen molar-refractivity contribution in [2.75, 3.05) is 6.54 Å². The summed E-state index contributed by atoms with van der Waals surface area (Å²) in [7, 11) is 0. The highest BCUT2D eigenvalue weighted by molar-refractivity contribution is 6.31. The second-order valence-corrected chi connectivity index (χ2v) is 5.73. The minimum atomic E-state index is -0.230. The third kappa shape index (κ3) is 4.47. The molecule has 0 amide bonds. The number of halogens is 2. The predicted molar refractivity (Wildman–Crippen MR) is 81.3 cm³/mol. The van der Waals surface area contributed by atoms with Crippen molar-refractivity contribution >= 4 is 11.6 Å². The lowest BCUT2D eigenvalue weighted by Crippen LogP contribution is -2.28. The lowest BCUT2D eigenvalue weighted by Gasteiger charge is -2.27. The molecule has 2 unspecified atom stereocenters. The lowest BCUT2D eigenvalue weighted by molar-refractivity contribution is 0.363. The summed E-state index contributed by atoms with van der Waals surface area (Å²) in [4.78, 5) is 0. The van der Waals surface area contributed by atoms with Crippen LogP contribution in [0.25, 0.3) is 0 Å². The average molecular weight is 286 g/mol. The summed E-state index contributed by atoms with van der Waals surface area (Å²) in [6.07, 6.45) is 3.35. The third-order valence-corrected chi connectivity index (χ3v) is 3.87. The molecule has 1 nitrogen and oxygen atoms in total. The van der Waals surface area contributed by atoms with Gasteiger partial charge in [0.1, 0.15) is 5.82 Å². The quantitative estimate of drug-likeness (QED) is 0.720. The van der Waals surface area contributed by atoms with E-state index in [0.717, 1.165) is 31.4 Å². The maximum atomic E-state index is 13.5.